The number of urea groups is 1. The molecule has 5 rings (SSSR count). The Labute approximate surface area is 199 Å². The minimum atomic E-state index is -0.201. The fraction of sp³-hybridized carbons (Fsp3) is 0.346. The van der Waals surface area contributed by atoms with E-state index in [1.807, 2.05) is 29.5 Å². The van der Waals surface area contributed by atoms with E-state index in [-0.39, 0.29) is 12.1 Å². The molecule has 33 heavy (non-hydrogen) atoms. The summed E-state index contributed by atoms with van der Waals surface area (Å²) in [6.45, 7) is 5.79. The molecule has 2 aliphatic heterocycles. The minimum absolute atomic E-state index is 0.00307. The van der Waals surface area contributed by atoms with E-state index in [4.69, 9.17) is 4.74 Å². The molecule has 2 aliphatic rings. The van der Waals surface area contributed by atoms with Crippen LogP contribution in [0.5, 0.6) is 0 Å². The number of hydrogen-bond donors (Lipinski definition) is 2. The largest absolute Gasteiger partial charge is 0.374 e. The first-order valence-corrected chi connectivity index (χ1v) is 12.4. The average Bonchev–Trinajstić information content (AvgIpc) is 3.32. The Hall–Kier alpha value is -2.87. The lowest BCUT2D eigenvalue weighted by Crippen LogP contribution is -2.47. The van der Waals surface area contributed by atoms with Crippen LogP contribution in [0.15, 0.2) is 66.0 Å². The van der Waals surface area contributed by atoms with E-state index < -0.39 is 0 Å². The van der Waals surface area contributed by atoms with Gasteiger partial charge in [0.05, 0.1) is 12.7 Å². The van der Waals surface area contributed by atoms with Gasteiger partial charge in [-0.15, -0.1) is 11.3 Å². The van der Waals surface area contributed by atoms with E-state index >= 15 is 0 Å². The lowest BCUT2D eigenvalue weighted by Gasteiger charge is -2.33. The predicted octanol–water partition coefficient (Wildman–Crippen LogP) is 4.33. The number of carbonyl (C=O) groups excluding carboxylic acids is 1. The monoisotopic (exact) mass is 462 g/mol. The fourth-order valence-corrected chi connectivity index (χ4v) is 5.39. The van der Waals surface area contributed by atoms with E-state index in [1.54, 1.807) is 0 Å². The van der Waals surface area contributed by atoms with Crippen molar-refractivity contribution in [2.24, 2.45) is 0 Å². The van der Waals surface area contributed by atoms with Crippen LogP contribution in [0, 0.1) is 0 Å². The number of benzene rings is 2. The van der Waals surface area contributed by atoms with Crippen LogP contribution in [0.4, 0.5) is 16.2 Å². The van der Waals surface area contributed by atoms with Crippen LogP contribution in [0.3, 0.4) is 0 Å². The summed E-state index contributed by atoms with van der Waals surface area (Å²) >= 11 is 1.85. The second-order valence-electron chi connectivity index (χ2n) is 8.64. The molecule has 1 aromatic heterocycles. The van der Waals surface area contributed by atoms with Crippen molar-refractivity contribution in [3.05, 3.63) is 82.0 Å². The Morgan fingerprint density at radius 2 is 1.91 bits per heavy atom. The Morgan fingerprint density at radius 3 is 2.76 bits per heavy atom. The van der Waals surface area contributed by atoms with Crippen molar-refractivity contribution in [2.75, 3.05) is 43.0 Å². The van der Waals surface area contributed by atoms with Crippen LogP contribution < -0.4 is 15.5 Å². The summed E-state index contributed by atoms with van der Waals surface area (Å²) in [7, 11) is 0. The van der Waals surface area contributed by atoms with Crippen LogP contribution >= 0.6 is 11.3 Å². The second kappa shape index (κ2) is 10.4. The zero-order valence-electron chi connectivity index (χ0n) is 18.7. The Bertz CT molecular complexity index is 1050. The van der Waals surface area contributed by atoms with Crippen LogP contribution in [0.1, 0.15) is 16.0 Å². The smallest absolute Gasteiger partial charge is 0.319 e. The summed E-state index contributed by atoms with van der Waals surface area (Å²) in [5, 5.41) is 8.08. The van der Waals surface area contributed by atoms with Crippen molar-refractivity contribution in [3.63, 3.8) is 0 Å². The normalized spacial score (nSPS) is 18.5. The van der Waals surface area contributed by atoms with Crippen LogP contribution in [0.2, 0.25) is 0 Å². The maximum Gasteiger partial charge on any atom is 0.319 e. The highest BCUT2D eigenvalue weighted by atomic mass is 32.1. The fourth-order valence-electron chi connectivity index (χ4n) is 4.50. The quantitative estimate of drug-likeness (QED) is 0.572. The molecule has 0 saturated carbocycles. The molecule has 7 heteroatoms. The number of morpholine rings is 1. The minimum Gasteiger partial charge on any atom is -0.374 e. The highest BCUT2D eigenvalue weighted by Crippen LogP contribution is 2.28. The molecule has 6 nitrogen and oxygen atoms in total. The molecule has 0 bridgehead atoms. The van der Waals surface area contributed by atoms with Gasteiger partial charge in [0.25, 0.3) is 0 Å². The van der Waals surface area contributed by atoms with Crippen molar-refractivity contribution >= 4 is 28.7 Å². The number of ether oxygens (including phenoxy) is 1. The van der Waals surface area contributed by atoms with Gasteiger partial charge >= 0.3 is 6.03 Å². The van der Waals surface area contributed by atoms with Gasteiger partial charge in [0, 0.05) is 55.5 Å². The lowest BCUT2D eigenvalue weighted by atomic mass is 10.1. The maximum atomic E-state index is 12.4. The molecule has 0 spiro atoms. The summed E-state index contributed by atoms with van der Waals surface area (Å²) in [5.41, 5.74) is 4.71. The summed E-state index contributed by atoms with van der Waals surface area (Å²) in [4.78, 5) is 18.7. The Kier molecular flexibility index (Phi) is 6.90. The topological polar surface area (TPSA) is 56.8 Å². The molecule has 0 radical (unpaired) electrons. The molecule has 2 N–H and O–H groups in total. The zero-order valence-corrected chi connectivity index (χ0v) is 19.5. The SMILES string of the molecule is O=C(NCC1CN(Cc2ccccc2)CCO1)Nc1ccc(N2CCc3sccc3C2)cc1. The molecular formula is C26H30N4O2S. The molecule has 3 heterocycles. The van der Waals surface area contributed by atoms with Crippen molar-refractivity contribution in [1.29, 1.82) is 0 Å². The van der Waals surface area contributed by atoms with Gasteiger partial charge in [-0.25, -0.2) is 4.79 Å². The molecule has 2 aromatic carbocycles. The first-order valence-electron chi connectivity index (χ1n) is 11.6. The number of nitrogens with one attached hydrogen (secondary N) is 2. The number of thiophene rings is 1. The standard InChI is InChI=1S/C26H30N4O2S/c31-26(27-16-24-19-29(13-14-32-24)17-20-4-2-1-3-5-20)28-22-6-8-23(9-7-22)30-12-10-25-21(18-30)11-15-33-25/h1-9,11,15,24H,10,12-14,16-19H2,(H2,27,28,31). The Morgan fingerprint density at radius 1 is 1.06 bits per heavy atom. The molecule has 1 fully saturated rings. The molecular weight excluding hydrogens is 432 g/mol. The average molecular weight is 463 g/mol. The van der Waals surface area contributed by atoms with Crippen LogP contribution in [-0.2, 0) is 24.2 Å². The number of hydrogen-bond acceptors (Lipinski definition) is 5. The predicted molar refractivity (Wildman–Crippen MR) is 134 cm³/mol. The molecule has 0 aliphatic carbocycles. The number of anilines is 2. The van der Waals surface area contributed by atoms with E-state index in [0.717, 1.165) is 44.8 Å². The molecule has 2 amide bonds. The van der Waals surface area contributed by atoms with E-state index in [2.05, 4.69) is 68.3 Å². The molecule has 3 aromatic rings. The number of carbonyl (C=O) groups is 1. The summed E-state index contributed by atoms with van der Waals surface area (Å²) in [6.07, 6.45) is 1.10. The number of fused-ring (bicyclic) bond motifs is 1. The van der Waals surface area contributed by atoms with E-state index in [9.17, 15) is 4.79 Å². The highest BCUT2D eigenvalue weighted by molar-refractivity contribution is 7.10. The first-order chi connectivity index (χ1) is 16.2. The lowest BCUT2D eigenvalue weighted by molar-refractivity contribution is -0.0285. The molecule has 172 valence electrons. The van der Waals surface area contributed by atoms with Gasteiger partial charge in [0.15, 0.2) is 0 Å². The van der Waals surface area contributed by atoms with Crippen molar-refractivity contribution in [3.8, 4) is 0 Å². The summed E-state index contributed by atoms with van der Waals surface area (Å²) in [6, 6.07) is 20.6. The molecule has 1 unspecified atom stereocenters. The number of amides is 2. The van der Waals surface area contributed by atoms with E-state index in [1.165, 1.54) is 21.7 Å². The third-order valence-corrected chi connectivity index (χ3v) is 7.28. The third kappa shape index (κ3) is 5.74. The number of rotatable bonds is 6. The van der Waals surface area contributed by atoms with Crippen molar-refractivity contribution < 1.29 is 9.53 Å². The maximum absolute atomic E-state index is 12.4. The second-order valence-corrected chi connectivity index (χ2v) is 9.64. The van der Waals surface area contributed by atoms with Gasteiger partial charge < -0.3 is 20.3 Å². The molecule has 1 atom stereocenters. The third-order valence-electron chi connectivity index (χ3n) is 6.26. The number of nitrogens with zero attached hydrogens (tertiary/aromatic N) is 2. The van der Waals surface area contributed by atoms with Gasteiger partial charge in [-0.05, 0) is 53.3 Å². The van der Waals surface area contributed by atoms with Crippen LogP contribution in [0.25, 0.3) is 0 Å². The van der Waals surface area contributed by atoms with Crippen molar-refractivity contribution in [1.82, 2.24) is 10.2 Å². The van der Waals surface area contributed by atoms with Gasteiger partial charge in [-0.2, -0.15) is 0 Å². The molecule has 1 saturated heterocycles. The Balaban J connectivity index is 1.07. The first kappa shape index (κ1) is 21.9. The van der Waals surface area contributed by atoms with Gasteiger partial charge in [0.2, 0.25) is 0 Å². The zero-order chi connectivity index (χ0) is 22.5. The van der Waals surface area contributed by atoms with Crippen molar-refractivity contribution in [2.45, 2.75) is 25.6 Å². The summed E-state index contributed by atoms with van der Waals surface area (Å²) in [5.74, 6) is 0. The van der Waals surface area contributed by atoms with Gasteiger partial charge in [0.1, 0.15) is 0 Å². The highest BCUT2D eigenvalue weighted by Gasteiger charge is 2.21. The van der Waals surface area contributed by atoms with E-state index in [0.29, 0.717) is 13.2 Å². The van der Waals surface area contributed by atoms with Crippen LogP contribution in [-0.4, -0.2) is 49.8 Å². The van der Waals surface area contributed by atoms with Gasteiger partial charge in [-0.1, -0.05) is 30.3 Å². The summed E-state index contributed by atoms with van der Waals surface area (Å²) < 4.78 is 5.86. The van der Waals surface area contributed by atoms with Gasteiger partial charge in [-0.3, -0.25) is 4.90 Å².